The first kappa shape index (κ1) is 17.7. The fourth-order valence-corrected chi connectivity index (χ4v) is 3.82. The Morgan fingerprint density at radius 1 is 1.37 bits per heavy atom. The van der Waals surface area contributed by atoms with Crippen LogP contribution in [-0.4, -0.2) is 35.7 Å². The SMILES string of the molecule is CC1=C(c2nnc(C3CC3)o2)NC(C)C1(C=O)c1ccccc1OCCN. The van der Waals surface area contributed by atoms with E-state index >= 15 is 0 Å². The molecule has 0 saturated heterocycles. The third-order valence-electron chi connectivity index (χ3n) is 5.51. The van der Waals surface area contributed by atoms with Crippen molar-refractivity contribution in [1.29, 1.82) is 0 Å². The van der Waals surface area contributed by atoms with Crippen molar-refractivity contribution in [2.75, 3.05) is 13.2 Å². The molecular weight excluding hydrogens is 344 g/mol. The molecule has 1 aromatic carbocycles. The lowest BCUT2D eigenvalue weighted by molar-refractivity contribution is -0.111. The summed E-state index contributed by atoms with van der Waals surface area (Å²) < 4.78 is 11.7. The van der Waals surface area contributed by atoms with Crippen molar-refractivity contribution in [3.8, 4) is 5.75 Å². The molecule has 1 fully saturated rings. The summed E-state index contributed by atoms with van der Waals surface area (Å²) in [6.07, 6.45) is 3.16. The number of hydrogen-bond donors (Lipinski definition) is 2. The minimum absolute atomic E-state index is 0.191. The number of benzene rings is 1. The maximum atomic E-state index is 12.5. The van der Waals surface area contributed by atoms with E-state index in [0.717, 1.165) is 36.0 Å². The number of para-hydroxylation sites is 1. The Hall–Kier alpha value is -2.67. The van der Waals surface area contributed by atoms with Crippen LogP contribution in [0.15, 0.2) is 34.3 Å². The highest BCUT2D eigenvalue weighted by Crippen LogP contribution is 2.46. The van der Waals surface area contributed by atoms with Crippen LogP contribution in [0.25, 0.3) is 5.70 Å². The van der Waals surface area contributed by atoms with E-state index in [9.17, 15) is 4.79 Å². The zero-order valence-corrected chi connectivity index (χ0v) is 15.6. The lowest BCUT2D eigenvalue weighted by atomic mass is 9.72. The molecule has 7 nitrogen and oxygen atoms in total. The fourth-order valence-electron chi connectivity index (χ4n) is 3.82. The van der Waals surface area contributed by atoms with E-state index in [2.05, 4.69) is 15.5 Å². The molecule has 27 heavy (non-hydrogen) atoms. The molecule has 0 radical (unpaired) electrons. The molecular formula is C20H24N4O3. The predicted molar refractivity (Wildman–Crippen MR) is 100 cm³/mol. The molecule has 2 aromatic rings. The monoisotopic (exact) mass is 368 g/mol. The second-order valence-corrected chi connectivity index (χ2v) is 7.21. The number of aldehydes is 1. The van der Waals surface area contributed by atoms with Crippen LogP contribution < -0.4 is 15.8 Å². The van der Waals surface area contributed by atoms with Crippen molar-refractivity contribution in [3.05, 3.63) is 47.2 Å². The first-order valence-electron chi connectivity index (χ1n) is 9.32. The molecule has 142 valence electrons. The van der Waals surface area contributed by atoms with Gasteiger partial charge in [0, 0.05) is 24.1 Å². The highest BCUT2D eigenvalue weighted by molar-refractivity contribution is 5.86. The molecule has 7 heteroatoms. The topological polar surface area (TPSA) is 103 Å². The van der Waals surface area contributed by atoms with Crippen LogP contribution >= 0.6 is 0 Å². The van der Waals surface area contributed by atoms with Gasteiger partial charge in [-0.2, -0.15) is 0 Å². The van der Waals surface area contributed by atoms with Gasteiger partial charge < -0.3 is 25.0 Å². The van der Waals surface area contributed by atoms with Gasteiger partial charge in [-0.3, -0.25) is 0 Å². The van der Waals surface area contributed by atoms with Gasteiger partial charge in [-0.1, -0.05) is 18.2 Å². The zero-order valence-electron chi connectivity index (χ0n) is 15.6. The van der Waals surface area contributed by atoms with Crippen LogP contribution in [0.3, 0.4) is 0 Å². The molecule has 3 N–H and O–H groups in total. The van der Waals surface area contributed by atoms with Crippen LogP contribution in [-0.2, 0) is 10.2 Å². The zero-order chi connectivity index (χ0) is 19.0. The van der Waals surface area contributed by atoms with Crippen LogP contribution in [0, 0.1) is 0 Å². The number of carbonyl (C=O) groups is 1. The van der Waals surface area contributed by atoms with E-state index in [4.69, 9.17) is 14.9 Å². The summed E-state index contributed by atoms with van der Waals surface area (Å²) in [5.74, 6) is 2.15. The van der Waals surface area contributed by atoms with Gasteiger partial charge in [-0.15, -0.1) is 10.2 Å². The number of carbonyl (C=O) groups excluding carboxylic acids is 1. The molecule has 4 rings (SSSR count). The van der Waals surface area contributed by atoms with Gasteiger partial charge in [0.25, 0.3) is 5.89 Å². The van der Waals surface area contributed by atoms with E-state index in [1.165, 1.54) is 0 Å². The van der Waals surface area contributed by atoms with Crippen molar-refractivity contribution in [3.63, 3.8) is 0 Å². The Balaban J connectivity index is 1.79. The van der Waals surface area contributed by atoms with Gasteiger partial charge in [-0.25, -0.2) is 0 Å². The minimum Gasteiger partial charge on any atom is -0.492 e. The number of nitrogens with zero attached hydrogens (tertiary/aromatic N) is 2. The quantitative estimate of drug-likeness (QED) is 0.722. The summed E-state index contributed by atoms with van der Waals surface area (Å²) in [5.41, 5.74) is 7.09. The number of nitrogens with two attached hydrogens (primary N) is 1. The van der Waals surface area contributed by atoms with E-state index in [1.807, 2.05) is 38.1 Å². The average Bonchev–Trinajstić information content (AvgIpc) is 3.36. The largest absolute Gasteiger partial charge is 0.492 e. The Labute approximate surface area is 158 Å². The van der Waals surface area contributed by atoms with Crippen LogP contribution in [0.4, 0.5) is 0 Å². The smallest absolute Gasteiger partial charge is 0.263 e. The summed E-state index contributed by atoms with van der Waals surface area (Å²) in [5, 5.41) is 11.8. The third-order valence-corrected chi connectivity index (χ3v) is 5.51. The number of rotatable bonds is 7. The first-order chi connectivity index (χ1) is 13.1. The molecule has 0 spiro atoms. The number of aromatic nitrogens is 2. The van der Waals surface area contributed by atoms with Crippen molar-refractivity contribution in [2.24, 2.45) is 5.73 Å². The minimum atomic E-state index is -0.880. The maximum Gasteiger partial charge on any atom is 0.263 e. The van der Waals surface area contributed by atoms with Crippen molar-refractivity contribution >= 4 is 12.0 Å². The second-order valence-electron chi connectivity index (χ2n) is 7.21. The molecule has 2 heterocycles. The van der Waals surface area contributed by atoms with Crippen LogP contribution in [0.1, 0.15) is 50.0 Å². The van der Waals surface area contributed by atoms with Gasteiger partial charge in [-0.05, 0) is 38.3 Å². The van der Waals surface area contributed by atoms with Crippen LogP contribution in [0.2, 0.25) is 0 Å². The molecule has 1 saturated carbocycles. The summed E-state index contributed by atoms with van der Waals surface area (Å²) >= 11 is 0. The summed E-state index contributed by atoms with van der Waals surface area (Å²) in [7, 11) is 0. The molecule has 0 bridgehead atoms. The van der Waals surface area contributed by atoms with Gasteiger partial charge in [0.2, 0.25) is 5.89 Å². The molecule has 2 atom stereocenters. The summed E-state index contributed by atoms with van der Waals surface area (Å²) in [4.78, 5) is 12.5. The highest BCUT2D eigenvalue weighted by atomic mass is 16.5. The maximum absolute atomic E-state index is 12.5. The fraction of sp³-hybridized carbons (Fsp3) is 0.450. The van der Waals surface area contributed by atoms with Crippen LogP contribution in [0.5, 0.6) is 5.75 Å². The van der Waals surface area contributed by atoms with E-state index < -0.39 is 5.41 Å². The van der Waals surface area contributed by atoms with E-state index in [1.54, 1.807) is 0 Å². The Bertz CT molecular complexity index is 887. The molecule has 1 aliphatic heterocycles. The Kier molecular flexibility index (Phi) is 4.47. The number of nitrogens with one attached hydrogen (secondary N) is 1. The van der Waals surface area contributed by atoms with E-state index in [-0.39, 0.29) is 6.04 Å². The second kappa shape index (κ2) is 6.81. The van der Waals surface area contributed by atoms with Gasteiger partial charge in [0.15, 0.2) is 0 Å². The Morgan fingerprint density at radius 3 is 2.85 bits per heavy atom. The standard InChI is InChI=1S/C20H24N4O3/c1-12-17(19-24-23-18(27-19)14-7-8-14)22-13(2)20(12,11-25)15-5-3-4-6-16(15)26-10-9-21/h3-6,11,13-14,22H,7-10,21H2,1-2H3. The van der Waals surface area contributed by atoms with Gasteiger partial charge in [0.1, 0.15) is 18.6 Å². The lowest BCUT2D eigenvalue weighted by Crippen LogP contribution is -2.42. The molecule has 0 amide bonds. The molecule has 1 aliphatic carbocycles. The molecule has 1 aromatic heterocycles. The first-order valence-corrected chi connectivity index (χ1v) is 9.32. The van der Waals surface area contributed by atoms with Crippen molar-refractivity contribution in [1.82, 2.24) is 15.5 Å². The normalized spacial score (nSPS) is 24.8. The van der Waals surface area contributed by atoms with E-state index in [0.29, 0.717) is 36.6 Å². The molecule has 2 aliphatic rings. The predicted octanol–water partition coefficient (Wildman–Crippen LogP) is 2.14. The number of hydrogen-bond acceptors (Lipinski definition) is 7. The highest BCUT2D eigenvalue weighted by Gasteiger charge is 2.49. The van der Waals surface area contributed by atoms with Gasteiger partial charge >= 0.3 is 0 Å². The van der Waals surface area contributed by atoms with Gasteiger partial charge in [0.05, 0.1) is 11.1 Å². The van der Waals surface area contributed by atoms with Crippen molar-refractivity contribution < 1.29 is 13.9 Å². The summed E-state index contributed by atoms with van der Waals surface area (Å²) in [6.45, 7) is 4.70. The average molecular weight is 368 g/mol. The third kappa shape index (κ3) is 2.82. The lowest BCUT2D eigenvalue weighted by Gasteiger charge is -2.31. The van der Waals surface area contributed by atoms with Crippen molar-refractivity contribution in [2.45, 2.75) is 44.1 Å². The molecule has 2 unspecified atom stereocenters. The Morgan fingerprint density at radius 2 is 2.15 bits per heavy atom. The summed E-state index contributed by atoms with van der Waals surface area (Å²) in [6, 6.07) is 7.40. The number of ether oxygens (including phenoxy) is 1.